The van der Waals surface area contributed by atoms with E-state index in [1.54, 1.807) is 11.0 Å². The monoisotopic (exact) mass is 417 g/mol. The minimum Gasteiger partial charge on any atom is -0.360 e. The summed E-state index contributed by atoms with van der Waals surface area (Å²) in [5.41, 5.74) is 3.32. The predicted octanol–water partition coefficient (Wildman–Crippen LogP) is 2.75. The highest BCUT2D eigenvalue weighted by Gasteiger charge is 2.20. The van der Waals surface area contributed by atoms with E-state index in [4.69, 9.17) is 0 Å². The molecule has 0 spiro atoms. The van der Waals surface area contributed by atoms with Gasteiger partial charge in [-0.25, -0.2) is 0 Å². The molecule has 31 heavy (non-hydrogen) atoms. The van der Waals surface area contributed by atoms with Gasteiger partial charge in [0, 0.05) is 34.6 Å². The van der Waals surface area contributed by atoms with Crippen LogP contribution in [-0.2, 0) is 6.54 Å². The van der Waals surface area contributed by atoms with E-state index in [9.17, 15) is 14.9 Å². The summed E-state index contributed by atoms with van der Waals surface area (Å²) in [6.45, 7) is 5.20. The standard InChI is InChI=1S/C24H24N4O3/c29-24(20-7-4-8-23(17-20)28(30)31)25-21-9-11-22(12-10-21)27-15-13-26(14-16-27)18-19-5-2-1-3-6-19/h1-12,17H,13-16,18H2,(H,25,29)/p+1. The number of nitrogens with zero attached hydrogens (tertiary/aromatic N) is 2. The maximum atomic E-state index is 12.4. The van der Waals surface area contributed by atoms with E-state index in [0.717, 1.165) is 38.4 Å². The third-order valence-electron chi connectivity index (χ3n) is 5.58. The van der Waals surface area contributed by atoms with Crippen LogP contribution in [0.5, 0.6) is 0 Å². The molecule has 4 rings (SSSR count). The van der Waals surface area contributed by atoms with Crippen LogP contribution in [0.15, 0.2) is 78.9 Å². The molecule has 1 fully saturated rings. The van der Waals surface area contributed by atoms with Crippen molar-refractivity contribution in [2.45, 2.75) is 6.54 Å². The number of anilines is 2. The number of nitro benzene ring substituents is 1. The van der Waals surface area contributed by atoms with Gasteiger partial charge >= 0.3 is 0 Å². The van der Waals surface area contributed by atoms with E-state index in [0.29, 0.717) is 5.69 Å². The third kappa shape index (κ3) is 5.26. The van der Waals surface area contributed by atoms with Crippen LogP contribution in [0.1, 0.15) is 15.9 Å². The number of benzene rings is 3. The van der Waals surface area contributed by atoms with Crippen LogP contribution < -0.4 is 15.1 Å². The van der Waals surface area contributed by atoms with Crippen molar-refractivity contribution < 1.29 is 14.6 Å². The second-order valence-corrected chi connectivity index (χ2v) is 7.71. The molecule has 3 aromatic carbocycles. The largest absolute Gasteiger partial charge is 0.360 e. The lowest BCUT2D eigenvalue weighted by molar-refractivity contribution is -0.914. The Kier molecular flexibility index (Phi) is 6.24. The van der Waals surface area contributed by atoms with Crippen molar-refractivity contribution in [1.29, 1.82) is 0 Å². The van der Waals surface area contributed by atoms with Crippen LogP contribution in [0.3, 0.4) is 0 Å². The summed E-state index contributed by atoms with van der Waals surface area (Å²) in [5, 5.41) is 13.7. The van der Waals surface area contributed by atoms with Crippen LogP contribution in [-0.4, -0.2) is 37.0 Å². The number of hydrogen-bond donors (Lipinski definition) is 2. The van der Waals surface area contributed by atoms with Crippen LogP contribution in [0.25, 0.3) is 0 Å². The van der Waals surface area contributed by atoms with Crippen molar-refractivity contribution in [3.05, 3.63) is 100 Å². The number of non-ortho nitro benzene ring substituents is 1. The Morgan fingerprint density at radius 3 is 2.35 bits per heavy atom. The fourth-order valence-corrected chi connectivity index (χ4v) is 3.86. The molecule has 0 saturated carbocycles. The van der Waals surface area contributed by atoms with E-state index in [-0.39, 0.29) is 17.2 Å². The van der Waals surface area contributed by atoms with Gasteiger partial charge in [-0.1, -0.05) is 36.4 Å². The molecule has 2 N–H and O–H groups in total. The SMILES string of the molecule is O=C(Nc1ccc(N2CC[NH+](Cc3ccccc3)CC2)cc1)c1cccc([N+](=O)[O-])c1. The molecule has 0 bridgehead atoms. The molecule has 1 aliphatic rings. The van der Waals surface area contributed by atoms with Gasteiger partial charge in [-0.2, -0.15) is 0 Å². The molecule has 7 heteroatoms. The molecule has 158 valence electrons. The summed E-state index contributed by atoms with van der Waals surface area (Å²) in [4.78, 5) is 26.8. The minimum absolute atomic E-state index is 0.100. The number of carbonyl (C=O) groups excluding carboxylic acids is 1. The quantitative estimate of drug-likeness (QED) is 0.478. The normalized spacial score (nSPS) is 14.3. The first-order chi connectivity index (χ1) is 15.1. The van der Waals surface area contributed by atoms with Crippen molar-refractivity contribution in [2.75, 3.05) is 36.4 Å². The zero-order chi connectivity index (χ0) is 21.6. The number of nitro groups is 1. The molecule has 1 saturated heterocycles. The fourth-order valence-electron chi connectivity index (χ4n) is 3.86. The lowest BCUT2D eigenvalue weighted by Gasteiger charge is -2.33. The van der Waals surface area contributed by atoms with E-state index in [1.165, 1.54) is 23.8 Å². The molecule has 7 nitrogen and oxygen atoms in total. The summed E-state index contributed by atoms with van der Waals surface area (Å²) in [7, 11) is 0. The number of piperazine rings is 1. The number of quaternary nitrogens is 1. The second-order valence-electron chi connectivity index (χ2n) is 7.71. The maximum Gasteiger partial charge on any atom is 0.270 e. The van der Waals surface area contributed by atoms with Gasteiger partial charge in [0.25, 0.3) is 11.6 Å². The lowest BCUT2D eigenvalue weighted by atomic mass is 10.1. The van der Waals surface area contributed by atoms with Crippen molar-refractivity contribution in [1.82, 2.24) is 0 Å². The van der Waals surface area contributed by atoms with Crippen molar-refractivity contribution in [3.63, 3.8) is 0 Å². The van der Waals surface area contributed by atoms with Gasteiger partial charge in [0.2, 0.25) is 0 Å². The van der Waals surface area contributed by atoms with E-state index in [1.807, 2.05) is 30.3 Å². The molecule has 0 aliphatic carbocycles. The van der Waals surface area contributed by atoms with Gasteiger partial charge in [-0.15, -0.1) is 0 Å². The highest BCUT2D eigenvalue weighted by molar-refractivity contribution is 6.04. The average Bonchev–Trinajstić information content (AvgIpc) is 2.81. The van der Waals surface area contributed by atoms with Crippen LogP contribution in [0.2, 0.25) is 0 Å². The average molecular weight is 417 g/mol. The van der Waals surface area contributed by atoms with Gasteiger partial charge in [0.05, 0.1) is 31.1 Å². The Morgan fingerprint density at radius 1 is 0.968 bits per heavy atom. The van der Waals surface area contributed by atoms with Gasteiger partial charge < -0.3 is 15.1 Å². The maximum absolute atomic E-state index is 12.4. The van der Waals surface area contributed by atoms with Gasteiger partial charge in [-0.3, -0.25) is 14.9 Å². The molecular weight excluding hydrogens is 392 g/mol. The van der Waals surface area contributed by atoms with Gasteiger partial charge in [0.15, 0.2) is 0 Å². The van der Waals surface area contributed by atoms with E-state index < -0.39 is 4.92 Å². The number of amides is 1. The minimum atomic E-state index is -0.507. The number of rotatable bonds is 6. The lowest BCUT2D eigenvalue weighted by Crippen LogP contribution is -3.13. The first kappa shape index (κ1) is 20.6. The molecule has 3 aromatic rings. The summed E-state index contributed by atoms with van der Waals surface area (Å²) in [6, 6.07) is 24.1. The van der Waals surface area contributed by atoms with E-state index in [2.05, 4.69) is 34.5 Å². The highest BCUT2D eigenvalue weighted by atomic mass is 16.6. The summed E-state index contributed by atoms with van der Waals surface area (Å²) >= 11 is 0. The third-order valence-corrected chi connectivity index (χ3v) is 5.58. The molecule has 0 radical (unpaired) electrons. The molecular formula is C24H25N4O3+. The van der Waals surface area contributed by atoms with Crippen LogP contribution in [0.4, 0.5) is 17.1 Å². The Balaban J connectivity index is 1.32. The van der Waals surface area contributed by atoms with Crippen molar-refractivity contribution in [3.8, 4) is 0 Å². The Bertz CT molecular complexity index is 1050. The Labute approximate surface area is 181 Å². The number of carbonyl (C=O) groups is 1. The zero-order valence-corrected chi connectivity index (χ0v) is 17.2. The molecule has 0 aromatic heterocycles. The smallest absolute Gasteiger partial charge is 0.270 e. The molecule has 1 aliphatic heterocycles. The highest BCUT2D eigenvalue weighted by Crippen LogP contribution is 2.19. The van der Waals surface area contributed by atoms with Crippen LogP contribution >= 0.6 is 0 Å². The number of nitrogens with one attached hydrogen (secondary N) is 2. The fraction of sp³-hybridized carbons (Fsp3) is 0.208. The summed E-state index contributed by atoms with van der Waals surface area (Å²) in [6.07, 6.45) is 0. The topological polar surface area (TPSA) is 79.9 Å². The molecule has 0 atom stereocenters. The Morgan fingerprint density at radius 2 is 1.68 bits per heavy atom. The van der Waals surface area contributed by atoms with Gasteiger partial charge in [0.1, 0.15) is 6.54 Å². The predicted molar refractivity (Wildman–Crippen MR) is 121 cm³/mol. The second kappa shape index (κ2) is 9.40. The first-order valence-corrected chi connectivity index (χ1v) is 10.4. The Hall–Kier alpha value is -3.71. The summed E-state index contributed by atoms with van der Waals surface area (Å²) < 4.78 is 0. The van der Waals surface area contributed by atoms with Crippen LogP contribution in [0, 0.1) is 10.1 Å². The van der Waals surface area contributed by atoms with Crippen molar-refractivity contribution in [2.24, 2.45) is 0 Å². The summed E-state index contributed by atoms with van der Waals surface area (Å²) in [5.74, 6) is -0.366. The zero-order valence-electron chi connectivity index (χ0n) is 17.2. The molecule has 1 heterocycles. The van der Waals surface area contributed by atoms with Crippen molar-refractivity contribution >= 4 is 23.0 Å². The molecule has 0 unspecified atom stereocenters. The number of hydrogen-bond acceptors (Lipinski definition) is 4. The first-order valence-electron chi connectivity index (χ1n) is 10.4. The molecule has 1 amide bonds. The van der Waals surface area contributed by atoms with Gasteiger partial charge in [-0.05, 0) is 30.3 Å². The van der Waals surface area contributed by atoms with E-state index >= 15 is 0 Å².